The topological polar surface area (TPSA) is 60.2 Å². The second-order valence-corrected chi connectivity index (χ2v) is 4.57. The van der Waals surface area contributed by atoms with E-state index in [0.29, 0.717) is 5.92 Å². The highest BCUT2D eigenvalue weighted by Crippen LogP contribution is 2.21. The van der Waals surface area contributed by atoms with Crippen LogP contribution in [0.5, 0.6) is 0 Å². The van der Waals surface area contributed by atoms with Gasteiger partial charge in [-0.1, -0.05) is 11.3 Å². The molecule has 4 nitrogen and oxygen atoms in total. The van der Waals surface area contributed by atoms with E-state index in [0.717, 1.165) is 42.7 Å². The fourth-order valence-corrected chi connectivity index (χ4v) is 2.14. The smallest absolute Gasteiger partial charge is 0.184 e. The minimum atomic E-state index is 0.717. The van der Waals surface area contributed by atoms with Crippen molar-refractivity contribution in [1.29, 1.82) is 0 Å². The number of nitrogens with zero attached hydrogens (tertiary/aromatic N) is 1. The van der Waals surface area contributed by atoms with Crippen molar-refractivity contribution in [3.63, 3.8) is 0 Å². The van der Waals surface area contributed by atoms with Crippen molar-refractivity contribution in [2.45, 2.75) is 12.8 Å². The van der Waals surface area contributed by atoms with Crippen molar-refractivity contribution in [2.24, 2.45) is 5.92 Å². The van der Waals surface area contributed by atoms with Crippen LogP contribution < -0.4 is 11.1 Å². The number of hydrogen-bond acceptors (Lipinski definition) is 5. The largest absolute Gasteiger partial charge is 0.389 e. The fraction of sp³-hybridized carbons (Fsp3) is 0.667. The van der Waals surface area contributed by atoms with E-state index in [-0.39, 0.29) is 0 Å². The third-order valence-electron chi connectivity index (χ3n) is 2.41. The molecule has 2 heterocycles. The Balaban J connectivity index is 1.76. The Hall–Kier alpha value is -0.810. The monoisotopic (exact) mass is 213 g/mol. The summed E-state index contributed by atoms with van der Waals surface area (Å²) in [7, 11) is 0. The normalized spacial score (nSPS) is 18.3. The van der Waals surface area contributed by atoms with Crippen LogP contribution in [0.1, 0.15) is 12.8 Å². The van der Waals surface area contributed by atoms with Gasteiger partial charge in [-0.05, 0) is 18.8 Å². The number of aromatic nitrogens is 1. The average Bonchev–Trinajstić information content (AvgIpc) is 2.63. The predicted octanol–water partition coefficient (Wildman–Crippen LogP) is 1.56. The molecule has 1 aromatic rings. The highest BCUT2D eigenvalue weighted by atomic mass is 32.1. The van der Waals surface area contributed by atoms with Crippen molar-refractivity contribution in [2.75, 3.05) is 30.8 Å². The summed E-state index contributed by atoms with van der Waals surface area (Å²) in [5.74, 6) is 0.717. The molecule has 1 aliphatic heterocycles. The molecule has 0 spiro atoms. The zero-order valence-corrected chi connectivity index (χ0v) is 8.85. The van der Waals surface area contributed by atoms with Crippen LogP contribution in [0.25, 0.3) is 0 Å². The molecular weight excluding hydrogens is 198 g/mol. The Morgan fingerprint density at radius 3 is 3.00 bits per heavy atom. The molecule has 0 aliphatic carbocycles. The highest BCUT2D eigenvalue weighted by Gasteiger charge is 2.13. The molecule has 0 aromatic carbocycles. The molecule has 0 radical (unpaired) electrons. The Labute approximate surface area is 87.5 Å². The van der Waals surface area contributed by atoms with Gasteiger partial charge in [-0.2, -0.15) is 0 Å². The van der Waals surface area contributed by atoms with Crippen LogP contribution in [0.15, 0.2) is 6.20 Å². The summed E-state index contributed by atoms with van der Waals surface area (Å²) in [5, 5.41) is 5.00. The summed E-state index contributed by atoms with van der Waals surface area (Å²) < 4.78 is 5.30. The summed E-state index contributed by atoms with van der Waals surface area (Å²) in [5.41, 5.74) is 5.58. The quantitative estimate of drug-likeness (QED) is 0.800. The zero-order valence-electron chi connectivity index (χ0n) is 8.03. The molecule has 1 saturated heterocycles. The first-order valence-electron chi connectivity index (χ1n) is 4.87. The van der Waals surface area contributed by atoms with E-state index in [1.807, 2.05) is 0 Å². The van der Waals surface area contributed by atoms with Crippen molar-refractivity contribution in [3.8, 4) is 0 Å². The van der Waals surface area contributed by atoms with Gasteiger partial charge < -0.3 is 15.8 Å². The molecule has 0 saturated carbocycles. The second-order valence-electron chi connectivity index (χ2n) is 3.50. The average molecular weight is 213 g/mol. The van der Waals surface area contributed by atoms with Crippen LogP contribution in [0, 0.1) is 5.92 Å². The third-order valence-corrected chi connectivity index (χ3v) is 3.19. The maximum atomic E-state index is 5.58. The first-order valence-corrected chi connectivity index (χ1v) is 5.69. The van der Waals surface area contributed by atoms with Gasteiger partial charge >= 0.3 is 0 Å². The van der Waals surface area contributed by atoms with E-state index < -0.39 is 0 Å². The summed E-state index contributed by atoms with van der Waals surface area (Å²) in [4.78, 5) is 4.15. The fourth-order valence-electron chi connectivity index (χ4n) is 1.55. The molecule has 78 valence electrons. The van der Waals surface area contributed by atoms with Gasteiger partial charge in [0.05, 0.1) is 6.20 Å². The van der Waals surface area contributed by atoms with Crippen LogP contribution in [0.2, 0.25) is 0 Å². The molecule has 0 atom stereocenters. The maximum absolute atomic E-state index is 5.58. The minimum Gasteiger partial charge on any atom is -0.389 e. The number of nitrogen functional groups attached to an aromatic ring is 1. The standard InChI is InChI=1S/C9H15N3OS/c10-8-6-12-9(14-8)11-5-7-1-3-13-4-2-7/h6-7H,1-5,10H2,(H,11,12). The van der Waals surface area contributed by atoms with Gasteiger partial charge in [0.2, 0.25) is 0 Å². The Bertz CT molecular complexity index is 283. The molecule has 1 aliphatic rings. The van der Waals surface area contributed by atoms with Crippen molar-refractivity contribution < 1.29 is 4.74 Å². The molecule has 0 bridgehead atoms. The highest BCUT2D eigenvalue weighted by molar-refractivity contribution is 7.19. The molecule has 2 rings (SSSR count). The van der Waals surface area contributed by atoms with E-state index in [2.05, 4.69) is 10.3 Å². The van der Waals surface area contributed by atoms with Gasteiger partial charge in [-0.15, -0.1) is 0 Å². The van der Waals surface area contributed by atoms with Crippen LogP contribution in [0.4, 0.5) is 10.1 Å². The van der Waals surface area contributed by atoms with Gasteiger partial charge in [0.1, 0.15) is 5.00 Å². The number of rotatable bonds is 3. The van der Waals surface area contributed by atoms with Crippen molar-refractivity contribution >= 4 is 21.5 Å². The van der Waals surface area contributed by atoms with Crippen LogP contribution >= 0.6 is 11.3 Å². The van der Waals surface area contributed by atoms with E-state index in [1.54, 1.807) is 6.20 Å². The summed E-state index contributed by atoms with van der Waals surface area (Å²) in [6, 6.07) is 0. The molecule has 1 fully saturated rings. The molecule has 0 amide bonds. The first kappa shape index (κ1) is 9.73. The van der Waals surface area contributed by atoms with Gasteiger partial charge in [0.25, 0.3) is 0 Å². The number of nitrogens with one attached hydrogen (secondary N) is 1. The van der Waals surface area contributed by atoms with Gasteiger partial charge in [-0.25, -0.2) is 4.98 Å². The third kappa shape index (κ3) is 2.59. The lowest BCUT2D eigenvalue weighted by atomic mass is 10.0. The predicted molar refractivity (Wildman–Crippen MR) is 58.6 cm³/mol. The molecule has 1 aromatic heterocycles. The zero-order chi connectivity index (χ0) is 9.80. The van der Waals surface area contributed by atoms with Gasteiger partial charge in [0.15, 0.2) is 5.13 Å². The lowest BCUT2D eigenvalue weighted by Crippen LogP contribution is -2.22. The Morgan fingerprint density at radius 1 is 1.57 bits per heavy atom. The maximum Gasteiger partial charge on any atom is 0.184 e. The summed E-state index contributed by atoms with van der Waals surface area (Å²) in [6.07, 6.45) is 3.98. The number of thiazole rings is 1. The van der Waals surface area contributed by atoms with Crippen molar-refractivity contribution in [1.82, 2.24) is 4.98 Å². The van der Waals surface area contributed by atoms with E-state index in [9.17, 15) is 0 Å². The Kier molecular flexibility index (Phi) is 3.21. The number of nitrogens with two attached hydrogens (primary N) is 1. The van der Waals surface area contributed by atoms with E-state index in [1.165, 1.54) is 11.3 Å². The van der Waals surface area contributed by atoms with Crippen LogP contribution in [-0.4, -0.2) is 24.7 Å². The number of hydrogen-bond donors (Lipinski definition) is 2. The molecule has 0 unspecified atom stereocenters. The van der Waals surface area contributed by atoms with Gasteiger partial charge in [0, 0.05) is 19.8 Å². The van der Waals surface area contributed by atoms with Gasteiger partial charge in [-0.3, -0.25) is 0 Å². The lowest BCUT2D eigenvalue weighted by molar-refractivity contribution is 0.0699. The van der Waals surface area contributed by atoms with Crippen LogP contribution in [0.3, 0.4) is 0 Å². The first-order chi connectivity index (χ1) is 6.84. The lowest BCUT2D eigenvalue weighted by Gasteiger charge is -2.21. The SMILES string of the molecule is Nc1cnc(NCC2CCOCC2)s1. The summed E-state index contributed by atoms with van der Waals surface area (Å²) in [6.45, 7) is 2.77. The molecule has 3 N–H and O–H groups in total. The van der Waals surface area contributed by atoms with Crippen molar-refractivity contribution in [3.05, 3.63) is 6.20 Å². The second kappa shape index (κ2) is 4.61. The van der Waals surface area contributed by atoms with E-state index >= 15 is 0 Å². The van der Waals surface area contributed by atoms with Crippen LogP contribution in [-0.2, 0) is 4.74 Å². The Morgan fingerprint density at radius 2 is 2.36 bits per heavy atom. The minimum absolute atomic E-state index is 0.717. The molecule has 5 heteroatoms. The number of anilines is 2. The molecule has 14 heavy (non-hydrogen) atoms. The summed E-state index contributed by atoms with van der Waals surface area (Å²) >= 11 is 1.50. The number of ether oxygens (including phenoxy) is 1. The molecular formula is C9H15N3OS. The van der Waals surface area contributed by atoms with E-state index in [4.69, 9.17) is 10.5 Å².